The molecule has 3 heteroatoms. The van der Waals surface area contributed by atoms with Gasteiger partial charge in [0.05, 0.1) is 0 Å². The van der Waals surface area contributed by atoms with Gasteiger partial charge in [-0.1, -0.05) is 6.92 Å². The molecule has 1 N–H and O–H groups in total. The third kappa shape index (κ3) is 3.81. The highest BCUT2D eigenvalue weighted by molar-refractivity contribution is 7.12. The van der Waals surface area contributed by atoms with E-state index in [4.69, 9.17) is 0 Å². The summed E-state index contributed by atoms with van der Waals surface area (Å²) in [5.41, 5.74) is 1.45. The predicted molar refractivity (Wildman–Crippen MR) is 80.3 cm³/mol. The quantitative estimate of drug-likeness (QED) is 0.796. The van der Waals surface area contributed by atoms with Gasteiger partial charge in [-0.25, -0.2) is 0 Å². The summed E-state index contributed by atoms with van der Waals surface area (Å²) in [6.07, 6.45) is 2.60. The van der Waals surface area contributed by atoms with Crippen LogP contribution in [0.3, 0.4) is 0 Å². The molecule has 102 valence electrons. The molecule has 0 bridgehead atoms. The first-order chi connectivity index (χ1) is 8.69. The van der Waals surface area contributed by atoms with E-state index in [1.807, 2.05) is 11.3 Å². The van der Waals surface area contributed by atoms with Gasteiger partial charge >= 0.3 is 0 Å². The van der Waals surface area contributed by atoms with E-state index in [0.29, 0.717) is 0 Å². The maximum absolute atomic E-state index is 3.55. The van der Waals surface area contributed by atoms with Gasteiger partial charge in [0, 0.05) is 22.8 Å². The molecule has 0 amide bonds. The first-order valence-electron chi connectivity index (χ1n) is 7.18. The Labute approximate surface area is 115 Å². The fourth-order valence-corrected chi connectivity index (χ4v) is 3.75. The summed E-state index contributed by atoms with van der Waals surface area (Å²) in [6, 6.07) is 2.36. The monoisotopic (exact) mass is 266 g/mol. The molecule has 0 spiro atoms. The van der Waals surface area contributed by atoms with E-state index in [1.165, 1.54) is 54.3 Å². The molecular formula is C15H26N2S. The number of likely N-dealkylation sites (tertiary alicyclic amines) is 1. The van der Waals surface area contributed by atoms with E-state index in [2.05, 4.69) is 37.1 Å². The van der Waals surface area contributed by atoms with E-state index < -0.39 is 0 Å². The third-order valence-corrected chi connectivity index (χ3v) is 4.96. The molecule has 1 aliphatic rings. The number of hydrogen-bond acceptors (Lipinski definition) is 3. The van der Waals surface area contributed by atoms with Crippen molar-refractivity contribution in [1.29, 1.82) is 0 Å². The van der Waals surface area contributed by atoms with Crippen molar-refractivity contribution >= 4 is 11.3 Å². The first-order valence-corrected chi connectivity index (χ1v) is 7.99. The Bertz CT molecular complexity index is 353. The van der Waals surface area contributed by atoms with Crippen molar-refractivity contribution in [2.24, 2.45) is 5.92 Å². The second-order valence-corrected chi connectivity index (χ2v) is 6.89. The second kappa shape index (κ2) is 6.69. The summed E-state index contributed by atoms with van der Waals surface area (Å²) < 4.78 is 0. The molecular weight excluding hydrogens is 240 g/mol. The first kappa shape index (κ1) is 14.0. The number of nitrogens with zero attached hydrogens (tertiary/aromatic N) is 1. The number of thiophene rings is 1. The standard InChI is InChI=1S/C15H26N2S/c1-4-6-16-9-14-5-7-17(10-14)11-15-8-12(2)13(3)18-15/h8,14,16H,4-7,9-11H2,1-3H3. The molecule has 0 saturated carbocycles. The van der Waals surface area contributed by atoms with Crippen molar-refractivity contribution in [3.05, 3.63) is 21.4 Å². The van der Waals surface area contributed by atoms with E-state index in [0.717, 1.165) is 12.5 Å². The topological polar surface area (TPSA) is 15.3 Å². The minimum atomic E-state index is 0.860. The van der Waals surface area contributed by atoms with Gasteiger partial charge in [0.1, 0.15) is 0 Å². The van der Waals surface area contributed by atoms with Crippen LogP contribution in [0.5, 0.6) is 0 Å². The van der Waals surface area contributed by atoms with Gasteiger partial charge in [-0.3, -0.25) is 4.90 Å². The summed E-state index contributed by atoms with van der Waals surface area (Å²) in [6.45, 7) is 12.7. The zero-order chi connectivity index (χ0) is 13.0. The van der Waals surface area contributed by atoms with Crippen LogP contribution in [-0.2, 0) is 6.54 Å². The van der Waals surface area contributed by atoms with Gasteiger partial charge in [0.2, 0.25) is 0 Å². The number of aryl methyl sites for hydroxylation is 2. The van der Waals surface area contributed by atoms with Crippen LogP contribution in [0.25, 0.3) is 0 Å². The van der Waals surface area contributed by atoms with Crippen molar-refractivity contribution in [2.45, 2.75) is 40.2 Å². The molecule has 2 heterocycles. The zero-order valence-corrected chi connectivity index (χ0v) is 12.8. The molecule has 0 aromatic carbocycles. The SMILES string of the molecule is CCCNCC1CCN(Cc2cc(C)c(C)s2)C1. The Balaban J connectivity index is 1.75. The van der Waals surface area contributed by atoms with Crippen LogP contribution >= 0.6 is 11.3 Å². The lowest BCUT2D eigenvalue weighted by Crippen LogP contribution is -2.26. The Kier molecular flexibility index (Phi) is 5.22. The van der Waals surface area contributed by atoms with Crippen molar-refractivity contribution in [1.82, 2.24) is 10.2 Å². The molecule has 0 radical (unpaired) electrons. The lowest BCUT2D eigenvalue weighted by molar-refractivity contribution is 0.317. The van der Waals surface area contributed by atoms with Gasteiger partial charge in [-0.05, 0) is 63.9 Å². The van der Waals surface area contributed by atoms with Crippen molar-refractivity contribution in [2.75, 3.05) is 26.2 Å². The van der Waals surface area contributed by atoms with Crippen LogP contribution < -0.4 is 5.32 Å². The highest BCUT2D eigenvalue weighted by Gasteiger charge is 2.22. The smallest absolute Gasteiger partial charge is 0.0328 e. The predicted octanol–water partition coefficient (Wildman–Crippen LogP) is 3.19. The Morgan fingerprint density at radius 1 is 1.44 bits per heavy atom. The summed E-state index contributed by atoms with van der Waals surface area (Å²) in [5.74, 6) is 0.860. The van der Waals surface area contributed by atoms with Crippen LogP contribution in [0.15, 0.2) is 6.07 Å². The van der Waals surface area contributed by atoms with Crippen LogP contribution in [0, 0.1) is 19.8 Å². The van der Waals surface area contributed by atoms with Gasteiger partial charge in [-0.15, -0.1) is 11.3 Å². The van der Waals surface area contributed by atoms with Gasteiger partial charge in [-0.2, -0.15) is 0 Å². The van der Waals surface area contributed by atoms with Crippen LogP contribution in [0.2, 0.25) is 0 Å². The molecule has 2 nitrogen and oxygen atoms in total. The second-order valence-electron chi connectivity index (χ2n) is 5.55. The molecule has 0 aliphatic carbocycles. The zero-order valence-electron chi connectivity index (χ0n) is 12.0. The molecule has 1 aromatic heterocycles. The number of nitrogens with one attached hydrogen (secondary N) is 1. The minimum absolute atomic E-state index is 0.860. The molecule has 1 saturated heterocycles. The van der Waals surface area contributed by atoms with Crippen molar-refractivity contribution in [3.8, 4) is 0 Å². The maximum Gasteiger partial charge on any atom is 0.0328 e. The lowest BCUT2D eigenvalue weighted by atomic mass is 10.1. The lowest BCUT2D eigenvalue weighted by Gasteiger charge is -2.15. The largest absolute Gasteiger partial charge is 0.316 e. The molecule has 1 aliphatic heterocycles. The fraction of sp³-hybridized carbons (Fsp3) is 0.733. The fourth-order valence-electron chi connectivity index (χ4n) is 2.65. The Morgan fingerprint density at radius 3 is 2.94 bits per heavy atom. The third-order valence-electron chi connectivity index (χ3n) is 3.83. The molecule has 1 aromatic rings. The van der Waals surface area contributed by atoms with Crippen molar-refractivity contribution < 1.29 is 0 Å². The van der Waals surface area contributed by atoms with Crippen LogP contribution in [-0.4, -0.2) is 31.1 Å². The number of rotatable bonds is 6. The minimum Gasteiger partial charge on any atom is -0.316 e. The summed E-state index contributed by atoms with van der Waals surface area (Å²) in [7, 11) is 0. The molecule has 18 heavy (non-hydrogen) atoms. The van der Waals surface area contributed by atoms with E-state index in [9.17, 15) is 0 Å². The van der Waals surface area contributed by atoms with Gasteiger partial charge < -0.3 is 5.32 Å². The highest BCUT2D eigenvalue weighted by atomic mass is 32.1. The summed E-state index contributed by atoms with van der Waals surface area (Å²) in [4.78, 5) is 5.63. The number of hydrogen-bond donors (Lipinski definition) is 1. The summed E-state index contributed by atoms with van der Waals surface area (Å²) in [5, 5.41) is 3.55. The van der Waals surface area contributed by atoms with Crippen LogP contribution in [0.4, 0.5) is 0 Å². The van der Waals surface area contributed by atoms with E-state index >= 15 is 0 Å². The van der Waals surface area contributed by atoms with Gasteiger partial charge in [0.25, 0.3) is 0 Å². The molecule has 1 unspecified atom stereocenters. The molecule has 2 rings (SSSR count). The Morgan fingerprint density at radius 2 is 2.28 bits per heavy atom. The normalized spacial score (nSPS) is 20.7. The van der Waals surface area contributed by atoms with E-state index in [-0.39, 0.29) is 0 Å². The van der Waals surface area contributed by atoms with Crippen molar-refractivity contribution in [3.63, 3.8) is 0 Å². The maximum atomic E-state index is 3.55. The highest BCUT2D eigenvalue weighted by Crippen LogP contribution is 2.24. The van der Waals surface area contributed by atoms with E-state index in [1.54, 1.807) is 0 Å². The average Bonchev–Trinajstić information content (AvgIpc) is 2.88. The average molecular weight is 266 g/mol. The molecule has 1 atom stereocenters. The molecule has 1 fully saturated rings. The summed E-state index contributed by atoms with van der Waals surface area (Å²) >= 11 is 1.97. The van der Waals surface area contributed by atoms with Gasteiger partial charge in [0.15, 0.2) is 0 Å². The Hall–Kier alpha value is -0.380. The van der Waals surface area contributed by atoms with Crippen LogP contribution in [0.1, 0.15) is 35.1 Å².